The molecule has 0 unspecified atom stereocenters. The van der Waals surface area contributed by atoms with E-state index in [0.29, 0.717) is 62.0 Å². The third-order valence-corrected chi connectivity index (χ3v) is 9.23. The molecular formula is C43H61BClNO9. The lowest BCUT2D eigenvalue weighted by Crippen LogP contribution is -2.43. The van der Waals surface area contributed by atoms with E-state index in [0.717, 1.165) is 35.1 Å². The van der Waals surface area contributed by atoms with E-state index < -0.39 is 17.9 Å². The maximum atomic E-state index is 13.3. The predicted molar refractivity (Wildman–Crippen MR) is 220 cm³/mol. The number of hydrogen-bond acceptors (Lipinski definition) is 9. The number of benzene rings is 3. The first kappa shape index (κ1) is 47.5. The molecule has 0 saturated carbocycles. The number of hydrogen-bond donors (Lipinski definition) is 1. The number of amides is 1. The van der Waals surface area contributed by atoms with Gasteiger partial charge in [-0.15, -0.1) is 0 Å². The monoisotopic (exact) mass is 781 g/mol. The largest absolute Gasteiger partial charge is 0.496 e. The molecule has 0 aliphatic carbocycles. The van der Waals surface area contributed by atoms with Crippen LogP contribution in [-0.2, 0) is 47.9 Å². The van der Waals surface area contributed by atoms with Crippen molar-refractivity contribution in [3.8, 4) is 22.6 Å². The van der Waals surface area contributed by atoms with Crippen molar-refractivity contribution in [3.63, 3.8) is 0 Å². The molecule has 0 aliphatic heterocycles. The zero-order valence-corrected chi connectivity index (χ0v) is 35.4. The molecule has 12 heteroatoms. The Labute approximate surface area is 335 Å². The van der Waals surface area contributed by atoms with Crippen LogP contribution < -0.4 is 20.3 Å². The summed E-state index contributed by atoms with van der Waals surface area (Å²) >= 11 is 6.39. The van der Waals surface area contributed by atoms with Crippen molar-refractivity contribution in [1.29, 1.82) is 0 Å². The highest BCUT2D eigenvalue weighted by molar-refractivity contribution is 6.38. The van der Waals surface area contributed by atoms with Gasteiger partial charge in [-0.25, -0.2) is 4.79 Å². The second-order valence-electron chi connectivity index (χ2n) is 14.0. The predicted octanol–water partition coefficient (Wildman–Crippen LogP) is 7.45. The minimum atomic E-state index is -0.950. The summed E-state index contributed by atoms with van der Waals surface area (Å²) in [5.41, 5.74) is 4.12. The Morgan fingerprint density at radius 2 is 1.38 bits per heavy atom. The van der Waals surface area contributed by atoms with Gasteiger partial charge in [0.05, 0.1) is 75.1 Å². The number of esters is 1. The first-order valence-electron chi connectivity index (χ1n) is 18.8. The van der Waals surface area contributed by atoms with Gasteiger partial charge < -0.3 is 38.5 Å². The number of carbonyl (C=O) groups is 2. The number of methoxy groups -OCH3 is 4. The second kappa shape index (κ2) is 23.5. The van der Waals surface area contributed by atoms with Crippen molar-refractivity contribution in [2.75, 3.05) is 54.9 Å². The number of halogens is 1. The van der Waals surface area contributed by atoms with Crippen LogP contribution in [0.3, 0.4) is 0 Å². The van der Waals surface area contributed by atoms with Crippen LogP contribution in [0, 0.1) is 0 Å². The fourth-order valence-corrected chi connectivity index (χ4v) is 6.13. The Morgan fingerprint density at radius 1 is 0.800 bits per heavy atom. The minimum absolute atomic E-state index is 0.193. The summed E-state index contributed by atoms with van der Waals surface area (Å²) in [5.74, 6) is 0.182. The van der Waals surface area contributed by atoms with E-state index >= 15 is 0 Å². The van der Waals surface area contributed by atoms with Gasteiger partial charge in [0, 0.05) is 20.1 Å². The summed E-state index contributed by atoms with van der Waals surface area (Å²) in [5, 5.41) is 3.02. The van der Waals surface area contributed by atoms with Crippen LogP contribution in [-0.4, -0.2) is 91.8 Å². The molecule has 1 amide bonds. The Balaban J connectivity index is 0.00000514. The maximum Gasteiger partial charge on any atom is 0.328 e. The average Bonchev–Trinajstić information content (AvgIpc) is 3.16. The number of carbonyl (C=O) groups excluding carboxylic acids is 2. The molecule has 0 bridgehead atoms. The molecule has 0 saturated heterocycles. The molecule has 2 radical (unpaired) electrons. The van der Waals surface area contributed by atoms with Gasteiger partial charge in [0.25, 0.3) is 5.91 Å². The zero-order valence-electron chi connectivity index (χ0n) is 34.7. The molecule has 0 fully saturated rings. The van der Waals surface area contributed by atoms with Gasteiger partial charge in [-0.3, -0.25) is 4.79 Å². The molecule has 3 aromatic carbocycles. The van der Waals surface area contributed by atoms with Crippen LogP contribution >= 0.6 is 11.6 Å². The average molecular weight is 782 g/mol. The van der Waals surface area contributed by atoms with E-state index in [9.17, 15) is 9.59 Å². The van der Waals surface area contributed by atoms with Gasteiger partial charge in [0.1, 0.15) is 25.4 Å². The molecule has 0 spiro atoms. The van der Waals surface area contributed by atoms with Gasteiger partial charge in [-0.2, -0.15) is 0 Å². The van der Waals surface area contributed by atoms with Crippen molar-refractivity contribution in [2.45, 2.75) is 98.0 Å². The molecule has 3 rings (SSSR count). The Hall–Kier alpha value is -3.61. The molecule has 1 N–H and O–H groups in total. The highest BCUT2D eigenvalue weighted by Crippen LogP contribution is 2.40. The molecule has 55 heavy (non-hydrogen) atoms. The van der Waals surface area contributed by atoms with Gasteiger partial charge in [0.15, 0.2) is 0 Å². The van der Waals surface area contributed by atoms with E-state index in [-0.39, 0.29) is 28.2 Å². The summed E-state index contributed by atoms with van der Waals surface area (Å²) in [6.45, 7) is 16.6. The van der Waals surface area contributed by atoms with Crippen LogP contribution in [0.2, 0.25) is 5.02 Å². The number of nitrogens with one attached hydrogen (secondary N) is 1. The SMILES string of the molecule is CC.[B]c1cc(Cl)c(C(=O)N[C@@H](Cc2ccc(-c3c(OC)cc(COCCOC(C)(C)CCOC(C)(C)CCOC)cc3OC)cc2)C(=O)OC)c(CC)c1. The second-order valence-corrected chi connectivity index (χ2v) is 14.4. The van der Waals surface area contributed by atoms with Crippen molar-refractivity contribution >= 4 is 36.8 Å². The third kappa shape index (κ3) is 15.1. The quantitative estimate of drug-likeness (QED) is 0.0632. The maximum absolute atomic E-state index is 13.3. The highest BCUT2D eigenvalue weighted by Gasteiger charge is 2.26. The van der Waals surface area contributed by atoms with Crippen molar-refractivity contribution in [3.05, 3.63) is 75.8 Å². The summed E-state index contributed by atoms with van der Waals surface area (Å²) in [6.07, 6.45) is 2.31. The zero-order chi connectivity index (χ0) is 41.2. The Bertz CT molecular complexity index is 1620. The topological polar surface area (TPSA) is 111 Å². The first-order valence-corrected chi connectivity index (χ1v) is 19.2. The van der Waals surface area contributed by atoms with Crippen molar-refractivity contribution in [2.24, 2.45) is 0 Å². The Morgan fingerprint density at radius 3 is 1.93 bits per heavy atom. The van der Waals surface area contributed by atoms with E-state index in [1.165, 1.54) is 13.2 Å². The van der Waals surface area contributed by atoms with Gasteiger partial charge in [-0.1, -0.05) is 68.2 Å². The van der Waals surface area contributed by atoms with Crippen molar-refractivity contribution in [1.82, 2.24) is 5.32 Å². The summed E-state index contributed by atoms with van der Waals surface area (Å²) in [7, 11) is 12.1. The van der Waals surface area contributed by atoms with Crippen LogP contribution in [0.5, 0.6) is 11.5 Å². The molecule has 10 nitrogen and oxygen atoms in total. The lowest BCUT2D eigenvalue weighted by atomic mass is 9.90. The molecule has 302 valence electrons. The van der Waals surface area contributed by atoms with Crippen LogP contribution in [0.1, 0.15) is 88.4 Å². The van der Waals surface area contributed by atoms with Gasteiger partial charge in [-0.05, 0) is 87.4 Å². The fraction of sp³-hybridized carbons (Fsp3) is 0.535. The molecule has 3 aromatic rings. The smallest absolute Gasteiger partial charge is 0.328 e. The van der Waals surface area contributed by atoms with E-state index in [1.807, 2.05) is 57.2 Å². The van der Waals surface area contributed by atoms with Crippen LogP contribution in [0.15, 0.2) is 48.5 Å². The molecule has 0 aromatic heterocycles. The van der Waals surface area contributed by atoms with E-state index in [2.05, 4.69) is 33.0 Å². The highest BCUT2D eigenvalue weighted by atomic mass is 35.5. The van der Waals surface area contributed by atoms with Gasteiger partial charge in [0.2, 0.25) is 0 Å². The lowest BCUT2D eigenvalue weighted by Gasteiger charge is -2.29. The molecule has 1 atom stereocenters. The summed E-state index contributed by atoms with van der Waals surface area (Å²) in [6, 6.07) is 13.7. The number of ether oxygens (including phenoxy) is 7. The molecular weight excluding hydrogens is 721 g/mol. The standard InChI is InChI=1S/C41H55BClNO9.C2H6/c1-10-29-24-31(42)25-32(43)36(29)38(45)44-33(39(46)50-9)21-27-11-13-30(14-12-27)37-34(48-7)22-28(23-35(37)49-8)26-51-19-20-53-41(4,5)16-18-52-40(2,3)15-17-47-6;1-2/h11-14,22-25,33H,10,15-21,26H2,1-9H3,(H,44,45);1-2H3/t33-;/m0./s1. The first-order chi connectivity index (χ1) is 26.2. The summed E-state index contributed by atoms with van der Waals surface area (Å²) < 4.78 is 39.9. The Kier molecular flexibility index (Phi) is 20.3. The third-order valence-electron chi connectivity index (χ3n) is 8.94. The minimum Gasteiger partial charge on any atom is -0.496 e. The number of aryl methyl sites for hydroxylation is 1. The molecule has 0 aliphatic rings. The van der Waals surface area contributed by atoms with Crippen LogP contribution in [0.4, 0.5) is 0 Å². The van der Waals surface area contributed by atoms with Crippen LogP contribution in [0.25, 0.3) is 11.1 Å². The molecule has 0 heterocycles. The van der Waals surface area contributed by atoms with E-state index in [4.69, 9.17) is 52.6 Å². The number of rotatable bonds is 22. The van der Waals surface area contributed by atoms with Gasteiger partial charge >= 0.3 is 5.97 Å². The van der Waals surface area contributed by atoms with E-state index in [1.54, 1.807) is 27.4 Å². The fourth-order valence-electron chi connectivity index (χ4n) is 5.80. The normalized spacial score (nSPS) is 12.0. The lowest BCUT2D eigenvalue weighted by molar-refractivity contribution is -0.142. The summed E-state index contributed by atoms with van der Waals surface area (Å²) in [4.78, 5) is 26.1. The van der Waals surface area contributed by atoms with Crippen molar-refractivity contribution < 1.29 is 42.7 Å².